The van der Waals surface area contributed by atoms with Crippen molar-refractivity contribution in [1.82, 2.24) is 0 Å². The van der Waals surface area contributed by atoms with Gasteiger partial charge in [-0.05, 0) is 108 Å². The van der Waals surface area contributed by atoms with Gasteiger partial charge in [0, 0.05) is 16.3 Å². The normalized spacial score (nSPS) is 11.8. The van der Waals surface area contributed by atoms with Gasteiger partial charge in [0.2, 0.25) is 0 Å². The predicted octanol–water partition coefficient (Wildman–Crippen LogP) is 13.1. The maximum atomic E-state index is 6.93. The van der Waals surface area contributed by atoms with Crippen molar-refractivity contribution in [3.05, 3.63) is 181 Å². The average molecular weight is 611 g/mol. The lowest BCUT2D eigenvalue weighted by Crippen LogP contribution is -1.90. The van der Waals surface area contributed by atoms with Crippen LogP contribution in [0.25, 0.3) is 87.3 Å². The first-order valence-corrected chi connectivity index (χ1v) is 16.6. The number of furan rings is 1. The van der Waals surface area contributed by atoms with E-state index in [1.54, 1.807) is 0 Å². The molecule has 0 saturated carbocycles. The van der Waals surface area contributed by atoms with E-state index in [-0.39, 0.29) is 0 Å². The summed E-state index contributed by atoms with van der Waals surface area (Å²) in [6.07, 6.45) is 0.837. The summed E-state index contributed by atoms with van der Waals surface area (Å²) >= 11 is 0. The van der Waals surface area contributed by atoms with Crippen molar-refractivity contribution in [2.24, 2.45) is 0 Å². The van der Waals surface area contributed by atoms with Gasteiger partial charge >= 0.3 is 0 Å². The lowest BCUT2D eigenvalue weighted by molar-refractivity contribution is 0.670. The molecule has 9 aromatic carbocycles. The lowest BCUT2D eigenvalue weighted by atomic mass is 9.88. The van der Waals surface area contributed by atoms with Gasteiger partial charge in [0.25, 0.3) is 0 Å². The Morgan fingerprint density at radius 2 is 0.938 bits per heavy atom. The summed E-state index contributed by atoms with van der Waals surface area (Å²) in [5.74, 6) is 0. The minimum absolute atomic E-state index is 0.837. The zero-order valence-electron chi connectivity index (χ0n) is 26.3. The molecule has 0 saturated heterocycles. The summed E-state index contributed by atoms with van der Waals surface area (Å²) in [6.45, 7) is 0. The molecule has 1 aromatic heterocycles. The summed E-state index contributed by atoms with van der Waals surface area (Å²) in [4.78, 5) is 0. The zero-order valence-corrected chi connectivity index (χ0v) is 26.3. The molecule has 1 nitrogen and oxygen atoms in total. The predicted molar refractivity (Wildman–Crippen MR) is 204 cm³/mol. The second kappa shape index (κ2) is 10.7. The van der Waals surface area contributed by atoms with Crippen molar-refractivity contribution in [3.63, 3.8) is 0 Å². The SMILES string of the molecule is c1ccc(Cc2cccc3oc4c(-c5cc6ccccc6c6ccccc56)cc(-c5cc6ccccc6c6ccccc56)cc4c23)cc1. The Morgan fingerprint density at radius 1 is 0.375 bits per heavy atom. The Morgan fingerprint density at radius 3 is 1.62 bits per heavy atom. The Bertz CT molecular complexity index is 2860. The first kappa shape index (κ1) is 27.0. The lowest BCUT2D eigenvalue weighted by Gasteiger charge is -2.15. The molecule has 0 fully saturated rings. The highest BCUT2D eigenvalue weighted by molar-refractivity contribution is 6.20. The van der Waals surface area contributed by atoms with E-state index in [0.29, 0.717) is 0 Å². The molecule has 0 aliphatic heterocycles. The van der Waals surface area contributed by atoms with Crippen LogP contribution >= 0.6 is 0 Å². The van der Waals surface area contributed by atoms with Gasteiger partial charge in [0.1, 0.15) is 11.2 Å². The van der Waals surface area contributed by atoms with Crippen LogP contribution in [0.2, 0.25) is 0 Å². The maximum absolute atomic E-state index is 6.93. The van der Waals surface area contributed by atoms with Crippen molar-refractivity contribution in [2.45, 2.75) is 6.42 Å². The molecule has 0 radical (unpaired) electrons. The van der Waals surface area contributed by atoms with Gasteiger partial charge in [0.15, 0.2) is 0 Å². The van der Waals surface area contributed by atoms with Crippen LogP contribution in [-0.2, 0) is 6.42 Å². The van der Waals surface area contributed by atoms with Gasteiger partial charge in [-0.1, -0.05) is 140 Å². The van der Waals surface area contributed by atoms with Crippen LogP contribution < -0.4 is 0 Å². The van der Waals surface area contributed by atoms with Crippen molar-refractivity contribution < 1.29 is 4.42 Å². The fraction of sp³-hybridized carbons (Fsp3) is 0.0213. The van der Waals surface area contributed by atoms with Crippen LogP contribution in [-0.4, -0.2) is 0 Å². The summed E-state index contributed by atoms with van der Waals surface area (Å²) in [5.41, 5.74) is 9.13. The van der Waals surface area contributed by atoms with E-state index in [4.69, 9.17) is 4.42 Å². The van der Waals surface area contributed by atoms with E-state index in [0.717, 1.165) is 28.5 Å². The van der Waals surface area contributed by atoms with Crippen LogP contribution in [0.15, 0.2) is 174 Å². The van der Waals surface area contributed by atoms with E-state index in [1.807, 2.05) is 0 Å². The van der Waals surface area contributed by atoms with Crippen molar-refractivity contribution in [3.8, 4) is 22.3 Å². The molecular weight excluding hydrogens is 581 g/mol. The van der Waals surface area contributed by atoms with Crippen molar-refractivity contribution in [2.75, 3.05) is 0 Å². The van der Waals surface area contributed by atoms with Crippen LogP contribution in [0.1, 0.15) is 11.1 Å². The highest BCUT2D eigenvalue weighted by atomic mass is 16.3. The Hall–Kier alpha value is -6.18. The quantitative estimate of drug-likeness (QED) is 0.181. The highest BCUT2D eigenvalue weighted by Crippen LogP contribution is 2.45. The largest absolute Gasteiger partial charge is 0.455 e. The first-order valence-electron chi connectivity index (χ1n) is 16.6. The molecule has 0 amide bonds. The summed E-state index contributed by atoms with van der Waals surface area (Å²) in [7, 11) is 0. The van der Waals surface area contributed by atoms with E-state index < -0.39 is 0 Å². The van der Waals surface area contributed by atoms with Gasteiger partial charge in [-0.3, -0.25) is 0 Å². The number of hydrogen-bond donors (Lipinski definition) is 0. The van der Waals surface area contributed by atoms with E-state index >= 15 is 0 Å². The molecule has 0 aliphatic carbocycles. The minimum Gasteiger partial charge on any atom is -0.455 e. The Balaban J connectivity index is 1.35. The molecule has 10 aromatic rings. The standard InChI is InChI=1S/C47H30O/c1-2-13-30(14-3-1)25-33-17-12-24-45-46(33)44-29-34(41-26-31-15-4-6-18-35(31)37-20-8-10-22-39(37)41)28-43(47(44)48-45)42-27-32-16-5-7-19-36(32)38-21-9-11-23-40(38)42/h1-24,26-29H,25H2. The van der Waals surface area contributed by atoms with Crippen LogP contribution in [0.3, 0.4) is 0 Å². The highest BCUT2D eigenvalue weighted by Gasteiger charge is 2.21. The molecule has 0 bridgehead atoms. The number of fused-ring (bicyclic) bond motifs is 9. The third kappa shape index (κ3) is 4.18. The molecule has 10 rings (SSSR count). The van der Waals surface area contributed by atoms with E-state index in [1.165, 1.54) is 76.3 Å². The maximum Gasteiger partial charge on any atom is 0.143 e. The van der Waals surface area contributed by atoms with E-state index in [2.05, 4.69) is 170 Å². The smallest absolute Gasteiger partial charge is 0.143 e. The van der Waals surface area contributed by atoms with Crippen LogP contribution in [0.4, 0.5) is 0 Å². The molecule has 48 heavy (non-hydrogen) atoms. The minimum atomic E-state index is 0.837. The number of benzene rings is 9. The van der Waals surface area contributed by atoms with Crippen molar-refractivity contribution in [1.29, 1.82) is 0 Å². The average Bonchev–Trinajstić information content (AvgIpc) is 3.54. The molecule has 0 spiro atoms. The van der Waals surface area contributed by atoms with Crippen LogP contribution in [0.5, 0.6) is 0 Å². The molecular formula is C47H30O. The Labute approximate surface area is 278 Å². The second-order valence-corrected chi connectivity index (χ2v) is 12.8. The fourth-order valence-electron chi connectivity index (χ4n) is 7.89. The van der Waals surface area contributed by atoms with Gasteiger partial charge < -0.3 is 4.42 Å². The fourth-order valence-corrected chi connectivity index (χ4v) is 7.89. The summed E-state index contributed by atoms with van der Waals surface area (Å²) in [5, 5.41) is 12.3. The Kier molecular flexibility index (Phi) is 6.01. The van der Waals surface area contributed by atoms with Gasteiger partial charge in [0.05, 0.1) is 0 Å². The third-order valence-corrected chi connectivity index (χ3v) is 10.1. The topological polar surface area (TPSA) is 13.1 Å². The second-order valence-electron chi connectivity index (χ2n) is 12.8. The van der Waals surface area contributed by atoms with Crippen LogP contribution in [0, 0.1) is 0 Å². The molecule has 1 heteroatoms. The summed E-state index contributed by atoms with van der Waals surface area (Å²) < 4.78 is 6.93. The molecule has 0 N–H and O–H groups in total. The molecule has 1 heterocycles. The number of rotatable bonds is 4. The van der Waals surface area contributed by atoms with Gasteiger partial charge in [-0.15, -0.1) is 0 Å². The monoisotopic (exact) mass is 610 g/mol. The molecule has 224 valence electrons. The number of hydrogen-bond acceptors (Lipinski definition) is 1. The summed E-state index contributed by atoms with van der Waals surface area (Å²) in [6, 6.07) is 61.8. The molecule has 0 unspecified atom stereocenters. The van der Waals surface area contributed by atoms with Gasteiger partial charge in [-0.25, -0.2) is 0 Å². The molecule has 0 atom stereocenters. The van der Waals surface area contributed by atoms with Crippen molar-refractivity contribution >= 4 is 65.0 Å². The first-order chi connectivity index (χ1) is 23.8. The van der Waals surface area contributed by atoms with E-state index in [9.17, 15) is 0 Å². The third-order valence-electron chi connectivity index (χ3n) is 10.1. The van der Waals surface area contributed by atoms with Gasteiger partial charge in [-0.2, -0.15) is 0 Å². The molecule has 0 aliphatic rings. The zero-order chi connectivity index (χ0) is 31.6.